The number of aromatic nitrogens is 2. The molecule has 2 heterocycles. The van der Waals surface area contributed by atoms with Crippen LogP contribution in [0.25, 0.3) is 0 Å². The maximum absolute atomic E-state index is 5.33. The molecule has 0 spiro atoms. The second-order valence-electron chi connectivity index (χ2n) is 7.35. The molecule has 2 aromatic rings. The van der Waals surface area contributed by atoms with Gasteiger partial charge in [-0.05, 0) is 5.92 Å². The van der Waals surface area contributed by atoms with E-state index in [4.69, 9.17) is 9.51 Å². The van der Waals surface area contributed by atoms with Gasteiger partial charge in [-0.3, -0.25) is 4.99 Å². The first-order chi connectivity index (χ1) is 11.8. The molecule has 0 saturated carbocycles. The molecule has 0 aliphatic heterocycles. The zero-order valence-corrected chi connectivity index (χ0v) is 16.8. The first-order valence-corrected chi connectivity index (χ1v) is 9.52. The Hall–Kier alpha value is -1.89. The smallest absolute Gasteiger partial charge is 0.191 e. The average Bonchev–Trinajstić information content (AvgIpc) is 3.19. The molecule has 0 saturated heterocycles. The van der Waals surface area contributed by atoms with Crippen LogP contribution in [0.15, 0.2) is 21.0 Å². The highest BCUT2D eigenvalue weighted by atomic mass is 32.1. The predicted octanol–water partition coefficient (Wildman–Crippen LogP) is 3.46. The van der Waals surface area contributed by atoms with Gasteiger partial charge in [0.1, 0.15) is 0 Å². The number of rotatable bonds is 6. The summed E-state index contributed by atoms with van der Waals surface area (Å²) in [5.41, 5.74) is 2.23. The van der Waals surface area contributed by atoms with Crippen LogP contribution >= 0.6 is 11.3 Å². The predicted molar refractivity (Wildman–Crippen MR) is 103 cm³/mol. The van der Waals surface area contributed by atoms with Crippen molar-refractivity contribution in [2.75, 3.05) is 13.6 Å². The van der Waals surface area contributed by atoms with Crippen LogP contribution in [-0.2, 0) is 18.4 Å². The molecule has 25 heavy (non-hydrogen) atoms. The third-order valence-electron chi connectivity index (χ3n) is 3.77. The standard InChI is InChI=1S/C18H29N5OS/c1-12(2)14-9-13(24-23-14)10-21-17(19-6)20-8-7-16-22-15(11-25-16)18(3,4)5/h9,11-12H,7-8,10H2,1-6H3,(H2,19,20,21). The number of guanidine groups is 1. The number of thiazole rings is 1. The van der Waals surface area contributed by atoms with Crippen molar-refractivity contribution >= 4 is 17.3 Å². The highest BCUT2D eigenvalue weighted by molar-refractivity contribution is 7.09. The Bertz CT molecular complexity index is 696. The van der Waals surface area contributed by atoms with Crippen LogP contribution in [0, 0.1) is 0 Å². The van der Waals surface area contributed by atoms with Crippen LogP contribution in [0.1, 0.15) is 62.7 Å². The van der Waals surface area contributed by atoms with E-state index in [1.54, 1.807) is 18.4 Å². The molecule has 0 fully saturated rings. The fourth-order valence-corrected chi connectivity index (χ4v) is 3.16. The number of nitrogens with zero attached hydrogens (tertiary/aromatic N) is 3. The minimum absolute atomic E-state index is 0.103. The first-order valence-electron chi connectivity index (χ1n) is 8.64. The van der Waals surface area contributed by atoms with Crippen molar-refractivity contribution in [2.24, 2.45) is 4.99 Å². The van der Waals surface area contributed by atoms with Crippen molar-refractivity contribution in [3.63, 3.8) is 0 Å². The van der Waals surface area contributed by atoms with Crippen LogP contribution in [0.3, 0.4) is 0 Å². The van der Waals surface area contributed by atoms with Gasteiger partial charge in [0.15, 0.2) is 11.7 Å². The van der Waals surface area contributed by atoms with Crippen LogP contribution in [0.5, 0.6) is 0 Å². The zero-order chi connectivity index (χ0) is 18.4. The second-order valence-corrected chi connectivity index (χ2v) is 8.29. The van der Waals surface area contributed by atoms with Crippen molar-refractivity contribution < 1.29 is 4.52 Å². The van der Waals surface area contributed by atoms with Gasteiger partial charge in [0.25, 0.3) is 0 Å². The summed E-state index contributed by atoms with van der Waals surface area (Å²) < 4.78 is 5.33. The molecular weight excluding hydrogens is 334 g/mol. The Balaban J connectivity index is 1.77. The van der Waals surface area contributed by atoms with Crippen molar-refractivity contribution in [1.29, 1.82) is 0 Å². The summed E-state index contributed by atoms with van der Waals surface area (Å²) in [6.45, 7) is 12.1. The normalized spacial score (nSPS) is 12.7. The fraction of sp³-hybridized carbons (Fsp3) is 0.611. The summed E-state index contributed by atoms with van der Waals surface area (Å²) in [5.74, 6) is 1.92. The summed E-state index contributed by atoms with van der Waals surface area (Å²) in [5, 5.41) is 13.9. The zero-order valence-electron chi connectivity index (χ0n) is 16.0. The summed E-state index contributed by atoms with van der Waals surface area (Å²) in [7, 11) is 1.76. The minimum atomic E-state index is 0.103. The molecule has 0 amide bonds. The van der Waals surface area contributed by atoms with Gasteiger partial charge >= 0.3 is 0 Å². The lowest BCUT2D eigenvalue weighted by atomic mass is 9.93. The van der Waals surface area contributed by atoms with Gasteiger partial charge in [-0.1, -0.05) is 39.8 Å². The van der Waals surface area contributed by atoms with Gasteiger partial charge in [-0.25, -0.2) is 4.98 Å². The largest absolute Gasteiger partial charge is 0.359 e. The molecule has 6 nitrogen and oxygen atoms in total. The van der Waals surface area contributed by atoms with Crippen LogP contribution in [0.2, 0.25) is 0 Å². The molecule has 0 aliphatic carbocycles. The number of hydrogen-bond donors (Lipinski definition) is 2. The van der Waals surface area contributed by atoms with Crippen molar-refractivity contribution in [2.45, 2.75) is 58.9 Å². The molecule has 2 aromatic heterocycles. The number of nitrogens with one attached hydrogen (secondary N) is 2. The lowest BCUT2D eigenvalue weighted by Gasteiger charge is -2.14. The first kappa shape index (κ1) is 19.4. The summed E-state index contributed by atoms with van der Waals surface area (Å²) in [4.78, 5) is 8.95. The van der Waals surface area contributed by atoms with Gasteiger partial charge in [0.05, 0.1) is 22.9 Å². The molecule has 0 unspecified atom stereocenters. The maximum atomic E-state index is 5.33. The molecule has 2 rings (SSSR count). The quantitative estimate of drug-likeness (QED) is 0.607. The van der Waals surface area contributed by atoms with Gasteiger partial charge in [-0.2, -0.15) is 0 Å². The van der Waals surface area contributed by atoms with E-state index in [2.05, 4.69) is 60.8 Å². The van der Waals surface area contributed by atoms with Crippen molar-refractivity contribution in [3.05, 3.63) is 33.6 Å². The molecule has 2 N–H and O–H groups in total. The Kier molecular flexibility index (Phi) is 6.58. The van der Waals surface area contributed by atoms with E-state index in [1.165, 1.54) is 0 Å². The molecule has 138 valence electrons. The molecule has 0 aromatic carbocycles. The second kappa shape index (κ2) is 8.47. The van der Waals surface area contributed by atoms with E-state index in [1.807, 2.05) is 6.07 Å². The Labute approximate surface area is 154 Å². The van der Waals surface area contributed by atoms with Crippen LogP contribution in [0.4, 0.5) is 0 Å². The van der Waals surface area contributed by atoms with Crippen molar-refractivity contribution in [1.82, 2.24) is 20.8 Å². The summed E-state index contributed by atoms with van der Waals surface area (Å²) in [6.07, 6.45) is 0.876. The number of hydrogen-bond acceptors (Lipinski definition) is 5. The lowest BCUT2D eigenvalue weighted by molar-refractivity contribution is 0.372. The highest BCUT2D eigenvalue weighted by Gasteiger charge is 2.17. The van der Waals surface area contributed by atoms with E-state index in [9.17, 15) is 0 Å². The van der Waals surface area contributed by atoms with E-state index >= 15 is 0 Å². The fourth-order valence-electron chi connectivity index (χ4n) is 2.13. The van der Waals surface area contributed by atoms with Crippen molar-refractivity contribution in [3.8, 4) is 0 Å². The number of aliphatic imine (C=N–C) groups is 1. The van der Waals surface area contributed by atoms with Crippen LogP contribution in [-0.4, -0.2) is 29.7 Å². The van der Waals surface area contributed by atoms with E-state index in [-0.39, 0.29) is 5.41 Å². The highest BCUT2D eigenvalue weighted by Crippen LogP contribution is 2.23. The molecule has 0 aliphatic rings. The Morgan fingerprint density at radius 1 is 1.32 bits per heavy atom. The van der Waals surface area contributed by atoms with Gasteiger partial charge in [-0.15, -0.1) is 11.3 Å². The van der Waals surface area contributed by atoms with E-state index in [0.29, 0.717) is 12.5 Å². The van der Waals surface area contributed by atoms with Gasteiger partial charge in [0.2, 0.25) is 0 Å². The molecular formula is C18H29N5OS. The Morgan fingerprint density at radius 2 is 2.08 bits per heavy atom. The monoisotopic (exact) mass is 363 g/mol. The maximum Gasteiger partial charge on any atom is 0.191 e. The molecule has 0 bridgehead atoms. The van der Waals surface area contributed by atoms with Gasteiger partial charge in [0, 0.05) is 36.9 Å². The van der Waals surface area contributed by atoms with E-state index in [0.717, 1.165) is 41.1 Å². The van der Waals surface area contributed by atoms with Gasteiger partial charge < -0.3 is 15.2 Å². The third kappa shape index (κ3) is 5.85. The van der Waals surface area contributed by atoms with Crippen LogP contribution < -0.4 is 10.6 Å². The average molecular weight is 364 g/mol. The molecule has 0 atom stereocenters. The molecule has 7 heteroatoms. The molecule has 0 radical (unpaired) electrons. The topological polar surface area (TPSA) is 75.3 Å². The summed E-state index contributed by atoms with van der Waals surface area (Å²) >= 11 is 1.72. The van der Waals surface area contributed by atoms with E-state index < -0.39 is 0 Å². The Morgan fingerprint density at radius 3 is 2.64 bits per heavy atom. The third-order valence-corrected chi connectivity index (χ3v) is 4.68. The lowest BCUT2D eigenvalue weighted by Crippen LogP contribution is -2.37. The minimum Gasteiger partial charge on any atom is -0.359 e. The summed E-state index contributed by atoms with van der Waals surface area (Å²) in [6, 6.07) is 1.98. The SMILES string of the molecule is CN=C(NCCc1nc(C(C)(C)C)cs1)NCc1cc(C(C)C)no1.